The van der Waals surface area contributed by atoms with Crippen LogP contribution in [-0.4, -0.2) is 48.7 Å². The summed E-state index contributed by atoms with van der Waals surface area (Å²) in [4.78, 5) is 11.9. The summed E-state index contributed by atoms with van der Waals surface area (Å²) in [6, 6.07) is 0. The molecule has 1 atom stereocenters. The molecule has 1 amide bonds. The van der Waals surface area contributed by atoms with E-state index in [9.17, 15) is 4.79 Å². The Morgan fingerprint density at radius 1 is 1.14 bits per heavy atom. The first-order valence-electron chi connectivity index (χ1n) is 13.5. The predicted molar refractivity (Wildman–Crippen MR) is 159 cm³/mol. The summed E-state index contributed by atoms with van der Waals surface area (Å²) in [5.74, 6) is 0.864. The zero-order valence-corrected chi connectivity index (χ0v) is 25.7. The fourth-order valence-electron chi connectivity index (χ4n) is 4.15. The van der Waals surface area contributed by atoms with E-state index in [0.717, 1.165) is 24.2 Å². The summed E-state index contributed by atoms with van der Waals surface area (Å²) in [7, 11) is 0. The molecule has 0 saturated heterocycles. The topological polar surface area (TPSA) is 56.8 Å². The van der Waals surface area contributed by atoms with E-state index in [4.69, 9.17) is 14.2 Å². The molecule has 0 aliphatic heterocycles. The minimum Gasteiger partial charge on any atom is -0.444 e. The van der Waals surface area contributed by atoms with Crippen molar-refractivity contribution in [2.75, 3.05) is 25.5 Å². The minimum absolute atomic E-state index is 0.148. The van der Waals surface area contributed by atoms with Gasteiger partial charge in [-0.3, -0.25) is 0 Å². The van der Waals surface area contributed by atoms with Crippen LogP contribution in [0.15, 0.2) is 58.7 Å². The molecule has 0 aromatic heterocycles. The number of allylic oxidation sites excluding steroid dienone is 8. The molecule has 210 valence electrons. The summed E-state index contributed by atoms with van der Waals surface area (Å²) in [6.07, 6.45) is 14.4. The Labute approximate surface area is 230 Å². The average Bonchev–Trinajstić information content (AvgIpc) is 2.76. The number of rotatable bonds is 13. The maximum absolute atomic E-state index is 11.9. The van der Waals surface area contributed by atoms with Gasteiger partial charge in [-0.1, -0.05) is 60.9 Å². The quantitative estimate of drug-likeness (QED) is 0.147. The first-order chi connectivity index (χ1) is 17.3. The van der Waals surface area contributed by atoms with Crippen LogP contribution >= 0.6 is 11.8 Å². The third kappa shape index (κ3) is 13.6. The van der Waals surface area contributed by atoms with E-state index in [0.29, 0.717) is 25.0 Å². The van der Waals surface area contributed by atoms with Gasteiger partial charge in [-0.15, -0.1) is 0 Å². The summed E-state index contributed by atoms with van der Waals surface area (Å²) >= 11 is 1.92. The number of amides is 1. The molecule has 0 spiro atoms. The average molecular weight is 534 g/mol. The number of hydrogen-bond acceptors (Lipinski definition) is 5. The molecule has 37 heavy (non-hydrogen) atoms. The Balaban J connectivity index is 2.79. The fourth-order valence-corrected chi connectivity index (χ4v) is 5.32. The van der Waals surface area contributed by atoms with Gasteiger partial charge in [0.1, 0.15) is 5.60 Å². The first kappa shape index (κ1) is 33.3. The molecule has 0 heterocycles. The van der Waals surface area contributed by atoms with Crippen molar-refractivity contribution >= 4 is 17.9 Å². The first-order valence-corrected chi connectivity index (χ1v) is 14.6. The van der Waals surface area contributed by atoms with Crippen molar-refractivity contribution in [1.29, 1.82) is 0 Å². The van der Waals surface area contributed by atoms with Crippen molar-refractivity contribution in [1.82, 2.24) is 5.32 Å². The predicted octanol–water partition coefficient (Wildman–Crippen LogP) is 8.15. The zero-order valence-electron chi connectivity index (χ0n) is 24.9. The summed E-state index contributed by atoms with van der Waals surface area (Å²) in [6.45, 7) is 22.5. The van der Waals surface area contributed by atoms with E-state index in [1.807, 2.05) is 52.5 Å². The normalized spacial score (nSPS) is 19.4. The van der Waals surface area contributed by atoms with Gasteiger partial charge in [0.05, 0.1) is 0 Å². The Hall–Kier alpha value is -1.76. The molecule has 0 aromatic rings. The van der Waals surface area contributed by atoms with Gasteiger partial charge in [0.15, 0.2) is 6.29 Å². The van der Waals surface area contributed by atoms with Crippen molar-refractivity contribution in [2.24, 2.45) is 5.41 Å². The van der Waals surface area contributed by atoms with Crippen LogP contribution in [0.5, 0.6) is 0 Å². The zero-order chi connectivity index (χ0) is 28.1. The number of thioether (sulfide) groups is 1. The lowest BCUT2D eigenvalue weighted by Gasteiger charge is -2.37. The Morgan fingerprint density at radius 2 is 1.78 bits per heavy atom. The Morgan fingerprint density at radius 3 is 2.38 bits per heavy atom. The summed E-state index contributed by atoms with van der Waals surface area (Å²) < 4.78 is 16.5. The largest absolute Gasteiger partial charge is 0.444 e. The van der Waals surface area contributed by atoms with Crippen LogP contribution in [-0.2, 0) is 14.2 Å². The van der Waals surface area contributed by atoms with Gasteiger partial charge in [0.2, 0.25) is 0 Å². The lowest BCUT2D eigenvalue weighted by molar-refractivity contribution is -0.104. The molecule has 0 bridgehead atoms. The van der Waals surface area contributed by atoms with Crippen LogP contribution in [0, 0.1) is 5.41 Å². The molecule has 0 radical (unpaired) electrons. The van der Waals surface area contributed by atoms with E-state index in [-0.39, 0.29) is 17.8 Å². The molecule has 1 aliphatic carbocycles. The third-order valence-corrected chi connectivity index (χ3v) is 7.48. The van der Waals surface area contributed by atoms with Crippen molar-refractivity contribution in [2.45, 2.75) is 99.2 Å². The lowest BCUT2D eigenvalue weighted by atomic mass is 9.72. The minimum atomic E-state index is -0.471. The third-order valence-electron chi connectivity index (χ3n) is 6.05. The van der Waals surface area contributed by atoms with Gasteiger partial charge >= 0.3 is 6.09 Å². The molecule has 6 heteroatoms. The SMILES string of the molecule is CCOC(/C=C(C)/C=C/C=C(C)/C=C/C1=C(C)C(SCCNC(=O)OC(C)(C)C)CCC1(C)C)OCC. The second kappa shape index (κ2) is 16.3. The number of carbonyl (C=O) groups excluding carboxylic acids is 1. The van der Waals surface area contributed by atoms with Crippen LogP contribution in [0.25, 0.3) is 0 Å². The monoisotopic (exact) mass is 533 g/mol. The number of alkyl carbamates (subject to hydrolysis) is 1. The van der Waals surface area contributed by atoms with E-state index in [1.165, 1.54) is 16.7 Å². The molecule has 0 fully saturated rings. The Bertz CT molecular complexity index is 868. The van der Waals surface area contributed by atoms with Gasteiger partial charge in [-0.05, 0) is 85.3 Å². The summed E-state index contributed by atoms with van der Waals surface area (Å²) in [5.41, 5.74) is 4.84. The number of ether oxygens (including phenoxy) is 3. The molecule has 1 unspecified atom stereocenters. The smallest absolute Gasteiger partial charge is 0.407 e. The highest BCUT2D eigenvalue weighted by Crippen LogP contribution is 2.44. The molecule has 1 N–H and O–H groups in total. The van der Waals surface area contributed by atoms with Crippen LogP contribution in [0.3, 0.4) is 0 Å². The summed E-state index contributed by atoms with van der Waals surface area (Å²) in [5, 5.41) is 3.33. The molecule has 0 saturated carbocycles. The maximum atomic E-state index is 11.9. The molecule has 0 aromatic carbocycles. The lowest BCUT2D eigenvalue weighted by Crippen LogP contribution is -2.34. The second-order valence-electron chi connectivity index (χ2n) is 11.1. The number of hydrogen-bond donors (Lipinski definition) is 1. The van der Waals surface area contributed by atoms with Crippen molar-refractivity contribution < 1.29 is 19.0 Å². The maximum Gasteiger partial charge on any atom is 0.407 e. The van der Waals surface area contributed by atoms with Crippen molar-refractivity contribution in [3.05, 3.63) is 58.7 Å². The van der Waals surface area contributed by atoms with Crippen LogP contribution in [0.2, 0.25) is 0 Å². The highest BCUT2D eigenvalue weighted by molar-refractivity contribution is 8.00. The highest BCUT2D eigenvalue weighted by Gasteiger charge is 2.32. The molecule has 1 rings (SSSR count). The molecule has 1 aliphatic rings. The van der Waals surface area contributed by atoms with Gasteiger partial charge in [0.25, 0.3) is 0 Å². The van der Waals surface area contributed by atoms with Crippen LogP contribution < -0.4 is 5.32 Å². The Kier molecular flexibility index (Phi) is 14.6. The molecular weight excluding hydrogens is 482 g/mol. The fraction of sp³-hybridized carbons (Fsp3) is 0.645. The van der Waals surface area contributed by atoms with E-state index < -0.39 is 5.60 Å². The standard InChI is InChI=1S/C31H51NO4S/c1-11-34-28(35-12-2)22-24(4)15-13-14-23(3)16-17-26-25(5)27(18-19-31(26,9)10)37-21-20-32-29(33)36-30(6,7)8/h13-17,22,27-28H,11-12,18-21H2,1-10H3,(H,32,33)/b15-13+,17-16+,23-14+,24-22+. The van der Waals surface area contributed by atoms with Gasteiger partial charge in [-0.25, -0.2) is 4.79 Å². The van der Waals surface area contributed by atoms with Gasteiger partial charge < -0.3 is 19.5 Å². The molecule has 5 nitrogen and oxygen atoms in total. The van der Waals surface area contributed by atoms with Gasteiger partial charge in [0, 0.05) is 30.8 Å². The van der Waals surface area contributed by atoms with Crippen LogP contribution in [0.4, 0.5) is 4.79 Å². The number of carbonyl (C=O) groups is 1. The van der Waals surface area contributed by atoms with Crippen molar-refractivity contribution in [3.63, 3.8) is 0 Å². The van der Waals surface area contributed by atoms with Gasteiger partial charge in [-0.2, -0.15) is 11.8 Å². The van der Waals surface area contributed by atoms with E-state index in [2.05, 4.69) is 70.3 Å². The van der Waals surface area contributed by atoms with E-state index in [1.54, 1.807) is 0 Å². The highest BCUT2D eigenvalue weighted by atomic mass is 32.2. The van der Waals surface area contributed by atoms with Crippen molar-refractivity contribution in [3.8, 4) is 0 Å². The second-order valence-corrected chi connectivity index (χ2v) is 12.4. The van der Waals surface area contributed by atoms with Crippen LogP contribution in [0.1, 0.15) is 82.1 Å². The molecular formula is C31H51NO4S. The van der Waals surface area contributed by atoms with E-state index >= 15 is 0 Å². The number of nitrogens with one attached hydrogen (secondary N) is 1.